The number of amidine groups is 1. The number of hydrogen-bond donors (Lipinski definition) is 2. The van der Waals surface area contributed by atoms with Gasteiger partial charge in [0.2, 0.25) is 0 Å². The van der Waals surface area contributed by atoms with Gasteiger partial charge in [0.15, 0.2) is 0 Å². The molecule has 0 aliphatic carbocycles. The van der Waals surface area contributed by atoms with E-state index in [4.69, 9.17) is 15.9 Å². The Kier molecular flexibility index (Phi) is 3.76. The summed E-state index contributed by atoms with van der Waals surface area (Å²) in [4.78, 5) is 0. The normalized spacial score (nSPS) is 9.62. The minimum Gasteiger partial charge on any atom is -0.493 e. The maximum absolute atomic E-state index is 7.17. The van der Waals surface area contributed by atoms with Gasteiger partial charge in [-0.05, 0) is 24.3 Å². The first kappa shape index (κ1) is 10.1. The molecule has 3 nitrogen and oxygen atoms in total. The quantitative estimate of drug-likeness (QED) is 0.480. The minimum absolute atomic E-state index is 0.0760. The standard InChI is InChI=1S/C9H11BrN2O/c10-5-6-13-8-3-1-7(2-4-8)9(11)12/h1-4H,5-6H2,(H3,11,12). The second-order valence-electron chi connectivity index (χ2n) is 2.48. The van der Waals surface area contributed by atoms with Crippen LogP contribution in [0.4, 0.5) is 0 Å². The van der Waals surface area contributed by atoms with Crippen molar-refractivity contribution in [2.75, 3.05) is 11.9 Å². The van der Waals surface area contributed by atoms with E-state index in [1.807, 2.05) is 0 Å². The van der Waals surface area contributed by atoms with Gasteiger partial charge in [0.25, 0.3) is 0 Å². The number of nitrogen functional groups attached to an aromatic ring is 1. The third-order valence-corrected chi connectivity index (χ3v) is 1.83. The van der Waals surface area contributed by atoms with Gasteiger partial charge in [0.1, 0.15) is 11.6 Å². The Balaban J connectivity index is 2.64. The van der Waals surface area contributed by atoms with Crippen molar-refractivity contribution in [3.8, 4) is 5.75 Å². The molecule has 1 aromatic rings. The lowest BCUT2D eigenvalue weighted by Crippen LogP contribution is -2.10. The van der Waals surface area contributed by atoms with Crippen LogP contribution in [0, 0.1) is 5.41 Å². The van der Waals surface area contributed by atoms with Crippen LogP contribution in [-0.2, 0) is 0 Å². The molecule has 0 aromatic heterocycles. The summed E-state index contributed by atoms with van der Waals surface area (Å²) in [7, 11) is 0. The van der Waals surface area contributed by atoms with Crippen molar-refractivity contribution in [3.63, 3.8) is 0 Å². The van der Waals surface area contributed by atoms with Crippen LogP contribution in [0.25, 0.3) is 0 Å². The molecule has 0 amide bonds. The highest BCUT2D eigenvalue weighted by molar-refractivity contribution is 9.09. The van der Waals surface area contributed by atoms with Crippen LogP contribution in [-0.4, -0.2) is 17.8 Å². The third kappa shape index (κ3) is 3.06. The van der Waals surface area contributed by atoms with Gasteiger partial charge in [-0.15, -0.1) is 0 Å². The fourth-order valence-corrected chi connectivity index (χ4v) is 1.05. The molecule has 0 saturated carbocycles. The number of hydrogen-bond acceptors (Lipinski definition) is 2. The van der Waals surface area contributed by atoms with E-state index in [9.17, 15) is 0 Å². The van der Waals surface area contributed by atoms with Crippen molar-refractivity contribution < 1.29 is 4.74 Å². The minimum atomic E-state index is 0.0760. The molecule has 0 bridgehead atoms. The van der Waals surface area contributed by atoms with Gasteiger partial charge in [0.05, 0.1) is 6.61 Å². The number of alkyl halides is 1. The zero-order valence-electron chi connectivity index (χ0n) is 7.09. The predicted octanol–water partition coefficient (Wildman–Crippen LogP) is 1.74. The number of benzene rings is 1. The number of ether oxygens (including phenoxy) is 1. The van der Waals surface area contributed by atoms with Gasteiger partial charge in [0, 0.05) is 10.9 Å². The maximum Gasteiger partial charge on any atom is 0.122 e. The summed E-state index contributed by atoms with van der Waals surface area (Å²) in [5.74, 6) is 0.872. The van der Waals surface area contributed by atoms with E-state index in [2.05, 4.69) is 15.9 Å². The average molecular weight is 243 g/mol. The Bertz CT molecular complexity index is 284. The summed E-state index contributed by atoms with van der Waals surface area (Å²) in [6, 6.07) is 7.15. The SMILES string of the molecule is N=C(N)c1ccc(OCCBr)cc1. The number of halogens is 1. The molecule has 3 N–H and O–H groups in total. The van der Waals surface area contributed by atoms with Gasteiger partial charge >= 0.3 is 0 Å². The lowest BCUT2D eigenvalue weighted by atomic mass is 10.2. The zero-order valence-corrected chi connectivity index (χ0v) is 8.67. The number of rotatable bonds is 4. The fraction of sp³-hybridized carbons (Fsp3) is 0.222. The molecule has 0 radical (unpaired) electrons. The lowest BCUT2D eigenvalue weighted by molar-refractivity contribution is 0.345. The smallest absolute Gasteiger partial charge is 0.122 e. The summed E-state index contributed by atoms with van der Waals surface area (Å²) in [6.07, 6.45) is 0. The summed E-state index contributed by atoms with van der Waals surface area (Å²) in [5, 5.41) is 7.98. The summed E-state index contributed by atoms with van der Waals surface area (Å²) in [6.45, 7) is 0.638. The van der Waals surface area contributed by atoms with E-state index in [0.29, 0.717) is 12.2 Å². The molecule has 0 unspecified atom stereocenters. The highest BCUT2D eigenvalue weighted by Crippen LogP contribution is 2.11. The molecule has 4 heteroatoms. The van der Waals surface area contributed by atoms with Crippen molar-refractivity contribution in [1.82, 2.24) is 0 Å². The molecule has 13 heavy (non-hydrogen) atoms. The molecule has 0 fully saturated rings. The second-order valence-corrected chi connectivity index (χ2v) is 3.27. The van der Waals surface area contributed by atoms with E-state index in [1.165, 1.54) is 0 Å². The first-order valence-electron chi connectivity index (χ1n) is 3.87. The second kappa shape index (κ2) is 4.87. The van der Waals surface area contributed by atoms with Crippen LogP contribution in [0.2, 0.25) is 0 Å². The van der Waals surface area contributed by atoms with Crippen molar-refractivity contribution in [1.29, 1.82) is 5.41 Å². The van der Waals surface area contributed by atoms with Crippen LogP contribution >= 0.6 is 15.9 Å². The van der Waals surface area contributed by atoms with Crippen LogP contribution in [0.15, 0.2) is 24.3 Å². The Morgan fingerprint density at radius 1 is 1.38 bits per heavy atom. The zero-order chi connectivity index (χ0) is 9.68. The molecule has 1 rings (SSSR count). The first-order valence-corrected chi connectivity index (χ1v) is 4.99. The summed E-state index contributed by atoms with van der Waals surface area (Å²) >= 11 is 3.27. The molecule has 0 heterocycles. The molecule has 0 spiro atoms. The third-order valence-electron chi connectivity index (χ3n) is 1.51. The van der Waals surface area contributed by atoms with Gasteiger partial charge < -0.3 is 10.5 Å². The molecular weight excluding hydrogens is 232 g/mol. The highest BCUT2D eigenvalue weighted by atomic mass is 79.9. The number of nitrogens with one attached hydrogen (secondary N) is 1. The van der Waals surface area contributed by atoms with Gasteiger partial charge in [-0.1, -0.05) is 15.9 Å². The molecule has 1 aromatic carbocycles. The van der Waals surface area contributed by atoms with Crippen LogP contribution in [0.1, 0.15) is 5.56 Å². The van der Waals surface area contributed by atoms with Gasteiger partial charge in [-0.25, -0.2) is 0 Å². The van der Waals surface area contributed by atoms with Gasteiger partial charge in [-0.2, -0.15) is 0 Å². The lowest BCUT2D eigenvalue weighted by Gasteiger charge is -2.04. The molecule has 0 atom stereocenters. The predicted molar refractivity (Wildman–Crippen MR) is 56.7 cm³/mol. The monoisotopic (exact) mass is 242 g/mol. The Morgan fingerprint density at radius 3 is 2.46 bits per heavy atom. The van der Waals surface area contributed by atoms with Gasteiger partial charge in [-0.3, -0.25) is 5.41 Å². The van der Waals surface area contributed by atoms with Crippen LogP contribution < -0.4 is 10.5 Å². The van der Waals surface area contributed by atoms with Crippen LogP contribution in [0.3, 0.4) is 0 Å². The van der Waals surface area contributed by atoms with E-state index in [0.717, 1.165) is 11.1 Å². The van der Waals surface area contributed by atoms with Crippen molar-refractivity contribution in [3.05, 3.63) is 29.8 Å². The van der Waals surface area contributed by atoms with Crippen molar-refractivity contribution in [2.24, 2.45) is 5.73 Å². The van der Waals surface area contributed by atoms with E-state index in [-0.39, 0.29) is 5.84 Å². The van der Waals surface area contributed by atoms with Crippen molar-refractivity contribution >= 4 is 21.8 Å². The van der Waals surface area contributed by atoms with Crippen LogP contribution in [0.5, 0.6) is 5.75 Å². The van der Waals surface area contributed by atoms with E-state index >= 15 is 0 Å². The Hall–Kier alpha value is -1.03. The molecule has 0 aliphatic heterocycles. The molecule has 0 aliphatic rings. The molecular formula is C9H11BrN2O. The van der Waals surface area contributed by atoms with Crippen molar-refractivity contribution in [2.45, 2.75) is 0 Å². The largest absolute Gasteiger partial charge is 0.493 e. The summed E-state index contributed by atoms with van der Waals surface area (Å²) < 4.78 is 5.33. The first-order chi connectivity index (χ1) is 6.24. The average Bonchev–Trinajstić information content (AvgIpc) is 2.15. The Labute approximate surface area is 85.5 Å². The van der Waals surface area contributed by atoms with E-state index < -0.39 is 0 Å². The molecule has 70 valence electrons. The maximum atomic E-state index is 7.17. The summed E-state index contributed by atoms with van der Waals surface area (Å²) in [5.41, 5.74) is 6.01. The topological polar surface area (TPSA) is 59.1 Å². The fourth-order valence-electron chi connectivity index (χ4n) is 0.887. The Morgan fingerprint density at radius 2 is 2.00 bits per heavy atom. The number of nitrogens with two attached hydrogens (primary N) is 1. The highest BCUT2D eigenvalue weighted by Gasteiger charge is 1.96. The molecule has 0 saturated heterocycles. The van der Waals surface area contributed by atoms with E-state index in [1.54, 1.807) is 24.3 Å².